The predicted octanol–water partition coefficient (Wildman–Crippen LogP) is -0.0193. The van der Waals surface area contributed by atoms with Gasteiger partial charge in [-0.2, -0.15) is 18.6 Å². The van der Waals surface area contributed by atoms with E-state index in [0.717, 1.165) is 5.01 Å². The van der Waals surface area contributed by atoms with Gasteiger partial charge in [0.2, 0.25) is 0 Å². The Bertz CT molecular complexity index is 512. The van der Waals surface area contributed by atoms with E-state index in [1.807, 2.05) is 0 Å². The molecule has 0 spiro atoms. The third-order valence-corrected chi connectivity index (χ3v) is 2.37. The molecular weight excluding hydrogens is 281 g/mol. The lowest BCUT2D eigenvalue weighted by atomic mass is 10.2. The Morgan fingerprint density at radius 3 is 2.85 bits per heavy atom. The fourth-order valence-corrected chi connectivity index (χ4v) is 1.61. The zero-order valence-corrected chi connectivity index (χ0v) is 10.3. The number of fused-ring (bicyclic) bond motifs is 1. The van der Waals surface area contributed by atoms with E-state index < -0.39 is 25.0 Å². The van der Waals surface area contributed by atoms with Gasteiger partial charge in [0.15, 0.2) is 24.5 Å². The maximum Gasteiger partial charge on any atom is 0.422 e. The summed E-state index contributed by atoms with van der Waals surface area (Å²) in [6, 6.07) is 0. The summed E-state index contributed by atoms with van der Waals surface area (Å²) >= 11 is 0. The number of alkyl halides is 3. The molecule has 0 aromatic rings. The molecule has 3 N–H and O–H groups in total. The fourth-order valence-electron chi connectivity index (χ4n) is 1.61. The van der Waals surface area contributed by atoms with Crippen molar-refractivity contribution in [2.45, 2.75) is 12.5 Å². The van der Waals surface area contributed by atoms with E-state index in [1.54, 1.807) is 0 Å². The minimum Gasteiger partial charge on any atom is -0.480 e. The minimum absolute atomic E-state index is 0.00958. The molecule has 7 nitrogen and oxygen atoms in total. The molecule has 0 aromatic heterocycles. The molecule has 2 aliphatic rings. The van der Waals surface area contributed by atoms with Crippen LogP contribution in [0, 0.1) is 0 Å². The normalized spacial score (nSPS) is 21.8. The Morgan fingerprint density at radius 2 is 2.25 bits per heavy atom. The van der Waals surface area contributed by atoms with Crippen molar-refractivity contribution in [1.29, 1.82) is 0 Å². The molecule has 0 amide bonds. The number of nitrogens with zero attached hydrogens (tertiary/aromatic N) is 2. The van der Waals surface area contributed by atoms with Crippen LogP contribution in [0.4, 0.5) is 13.2 Å². The highest BCUT2D eigenvalue weighted by molar-refractivity contribution is 6.05. The Morgan fingerprint density at radius 1 is 1.55 bits per heavy atom. The molecule has 20 heavy (non-hydrogen) atoms. The van der Waals surface area contributed by atoms with E-state index in [4.69, 9.17) is 5.73 Å². The molecule has 0 aliphatic carbocycles. The average Bonchev–Trinajstić information content (AvgIpc) is 2.75. The average molecular weight is 292 g/mol. The number of hydrogen-bond donors (Lipinski definition) is 2. The maximum absolute atomic E-state index is 12.2. The molecule has 0 fully saturated rings. The Balaban J connectivity index is 2.24. The van der Waals surface area contributed by atoms with Crippen molar-refractivity contribution in [1.82, 2.24) is 10.4 Å². The van der Waals surface area contributed by atoms with Gasteiger partial charge in [0.05, 0.1) is 7.11 Å². The van der Waals surface area contributed by atoms with Crippen molar-refractivity contribution in [3.8, 4) is 0 Å². The number of hydrazine groups is 1. The van der Waals surface area contributed by atoms with E-state index in [1.165, 1.54) is 19.3 Å². The van der Waals surface area contributed by atoms with E-state index in [-0.39, 0.29) is 17.3 Å². The number of carbonyl (C=O) groups is 1. The van der Waals surface area contributed by atoms with Crippen LogP contribution in [0.5, 0.6) is 0 Å². The number of carbonyl (C=O) groups excluding carboxylic acids is 1. The van der Waals surface area contributed by atoms with Gasteiger partial charge in [-0.1, -0.05) is 0 Å². The molecule has 2 rings (SSSR count). The molecule has 0 aromatic carbocycles. The number of nitrogens with two attached hydrogens (primary N) is 1. The van der Waals surface area contributed by atoms with Gasteiger partial charge in [-0.15, -0.1) is 0 Å². The number of nitrogens with one attached hydrogen (secondary N) is 1. The Hall–Kier alpha value is -2.07. The van der Waals surface area contributed by atoms with Crippen molar-refractivity contribution >= 4 is 11.8 Å². The maximum atomic E-state index is 12.2. The van der Waals surface area contributed by atoms with Crippen LogP contribution < -0.4 is 11.2 Å². The first-order valence-electron chi connectivity index (χ1n) is 5.42. The highest BCUT2D eigenvalue weighted by Crippen LogP contribution is 2.24. The first kappa shape index (κ1) is 14.3. The molecular formula is C10H11F3N4O3. The van der Waals surface area contributed by atoms with Crippen LogP contribution in [0.15, 0.2) is 28.6 Å². The molecule has 1 unspecified atom stereocenters. The van der Waals surface area contributed by atoms with Crippen LogP contribution in [0.3, 0.4) is 0 Å². The number of ether oxygens (including phenoxy) is 2. The van der Waals surface area contributed by atoms with Gasteiger partial charge in [0.25, 0.3) is 0 Å². The second-order valence-corrected chi connectivity index (χ2v) is 3.84. The minimum atomic E-state index is -4.48. The Labute approximate surface area is 111 Å². The standard InChI is InChI=1S/C10H11F3N4O3/c1-19-8(18)5-2-3-6(20-4-10(11,12)13)7-15-9(14)16-17(5)7/h2-3,9,16H,4,14H2,1H3. The number of esters is 1. The summed E-state index contributed by atoms with van der Waals surface area (Å²) in [6.45, 7) is -1.47. The van der Waals surface area contributed by atoms with Crippen LogP contribution in [-0.4, -0.2) is 43.0 Å². The lowest BCUT2D eigenvalue weighted by molar-refractivity contribution is -0.163. The van der Waals surface area contributed by atoms with Gasteiger partial charge in [-0.25, -0.2) is 14.8 Å². The zero-order chi connectivity index (χ0) is 14.9. The number of amidine groups is 1. The Kier molecular flexibility index (Phi) is 3.68. The summed E-state index contributed by atoms with van der Waals surface area (Å²) < 4.78 is 45.7. The number of methoxy groups -OCH3 is 1. The summed E-state index contributed by atoms with van der Waals surface area (Å²) in [7, 11) is 1.18. The predicted molar refractivity (Wildman–Crippen MR) is 60.6 cm³/mol. The van der Waals surface area contributed by atoms with Crippen LogP contribution in [-0.2, 0) is 14.3 Å². The highest BCUT2D eigenvalue weighted by atomic mass is 19.4. The molecule has 0 radical (unpaired) electrons. The van der Waals surface area contributed by atoms with Crippen LogP contribution in [0.1, 0.15) is 0 Å². The topological polar surface area (TPSA) is 89.2 Å². The van der Waals surface area contributed by atoms with Gasteiger partial charge >= 0.3 is 12.1 Å². The third kappa shape index (κ3) is 2.91. The largest absolute Gasteiger partial charge is 0.480 e. The molecule has 0 saturated heterocycles. The summed E-state index contributed by atoms with van der Waals surface area (Å²) in [4.78, 5) is 15.4. The van der Waals surface area contributed by atoms with Crippen molar-refractivity contribution in [2.75, 3.05) is 13.7 Å². The van der Waals surface area contributed by atoms with Gasteiger partial charge in [0, 0.05) is 0 Å². The number of allylic oxidation sites excluding steroid dienone is 2. The summed E-state index contributed by atoms with van der Waals surface area (Å²) in [5.74, 6) is -0.842. The molecule has 10 heteroatoms. The summed E-state index contributed by atoms with van der Waals surface area (Å²) in [6.07, 6.45) is -2.92. The molecule has 2 heterocycles. The lowest BCUT2D eigenvalue weighted by Crippen LogP contribution is -2.46. The first-order chi connectivity index (χ1) is 9.31. The van der Waals surface area contributed by atoms with Crippen molar-refractivity contribution in [3.63, 3.8) is 0 Å². The number of halogens is 3. The molecule has 0 saturated carbocycles. The van der Waals surface area contributed by atoms with Crippen molar-refractivity contribution in [3.05, 3.63) is 23.6 Å². The SMILES string of the molecule is COC(=O)C1=CC=C(OCC(F)(F)F)C2=NC(N)NN12. The van der Waals surface area contributed by atoms with E-state index in [0.29, 0.717) is 0 Å². The fraction of sp³-hybridized carbons (Fsp3) is 0.400. The third-order valence-electron chi connectivity index (χ3n) is 2.37. The molecule has 0 bridgehead atoms. The van der Waals surface area contributed by atoms with E-state index in [2.05, 4.69) is 19.9 Å². The summed E-state index contributed by atoms with van der Waals surface area (Å²) in [5.41, 5.74) is 8.14. The number of hydrogen-bond acceptors (Lipinski definition) is 7. The van der Waals surface area contributed by atoms with E-state index in [9.17, 15) is 18.0 Å². The highest BCUT2D eigenvalue weighted by Gasteiger charge is 2.36. The zero-order valence-electron chi connectivity index (χ0n) is 10.3. The molecule has 1 atom stereocenters. The van der Waals surface area contributed by atoms with E-state index >= 15 is 0 Å². The van der Waals surface area contributed by atoms with Gasteiger partial charge < -0.3 is 9.47 Å². The quantitative estimate of drug-likeness (QED) is 0.711. The number of aliphatic imine (C=N–C) groups is 1. The van der Waals surface area contributed by atoms with Gasteiger partial charge in [0.1, 0.15) is 5.70 Å². The summed E-state index contributed by atoms with van der Waals surface area (Å²) in [5, 5.41) is 1.13. The second kappa shape index (κ2) is 5.13. The van der Waals surface area contributed by atoms with Crippen LogP contribution in [0.2, 0.25) is 0 Å². The van der Waals surface area contributed by atoms with Gasteiger partial charge in [-0.05, 0) is 12.2 Å². The van der Waals surface area contributed by atoms with Crippen molar-refractivity contribution < 1.29 is 27.4 Å². The second-order valence-electron chi connectivity index (χ2n) is 3.84. The lowest BCUT2D eigenvalue weighted by Gasteiger charge is -2.26. The van der Waals surface area contributed by atoms with Crippen LogP contribution in [0.25, 0.3) is 0 Å². The smallest absolute Gasteiger partial charge is 0.422 e. The van der Waals surface area contributed by atoms with Crippen LogP contribution >= 0.6 is 0 Å². The van der Waals surface area contributed by atoms with Crippen molar-refractivity contribution in [2.24, 2.45) is 10.7 Å². The number of rotatable bonds is 3. The first-order valence-corrected chi connectivity index (χ1v) is 5.42. The van der Waals surface area contributed by atoms with Gasteiger partial charge in [-0.3, -0.25) is 5.73 Å². The molecule has 110 valence electrons. The monoisotopic (exact) mass is 292 g/mol. The molecule has 2 aliphatic heterocycles.